The molecule has 0 saturated carbocycles. The van der Waals surface area contributed by atoms with Crippen LogP contribution in [-0.2, 0) is 17.8 Å². The zero-order valence-corrected chi connectivity index (χ0v) is 9.65. The van der Waals surface area contributed by atoms with Crippen LogP contribution in [0.15, 0.2) is 11.0 Å². The van der Waals surface area contributed by atoms with Gasteiger partial charge < -0.3 is 9.84 Å². The minimum atomic E-state index is -0.167. The molecule has 6 nitrogen and oxygen atoms in total. The van der Waals surface area contributed by atoms with Crippen LogP contribution in [0.1, 0.15) is 18.2 Å². The molecule has 0 radical (unpaired) electrons. The summed E-state index contributed by atoms with van der Waals surface area (Å²) in [7, 11) is 1.55. The Morgan fingerprint density at radius 1 is 1.65 bits per heavy atom. The minimum Gasteiger partial charge on any atom is -0.378 e. The van der Waals surface area contributed by atoms with E-state index in [1.54, 1.807) is 7.11 Å². The molecule has 0 atom stereocenters. The van der Waals surface area contributed by atoms with Crippen LogP contribution in [0.3, 0.4) is 0 Å². The highest BCUT2D eigenvalue weighted by molar-refractivity contribution is 5.67. The molecule has 0 bridgehead atoms. The van der Waals surface area contributed by atoms with Crippen LogP contribution in [-0.4, -0.2) is 21.7 Å². The second-order valence-electron chi connectivity index (χ2n) is 3.56. The summed E-state index contributed by atoms with van der Waals surface area (Å²) in [5, 5.41) is 2.74. The van der Waals surface area contributed by atoms with Gasteiger partial charge in [0, 0.05) is 18.9 Å². The number of aromatic nitrogens is 3. The van der Waals surface area contributed by atoms with E-state index in [4.69, 9.17) is 11.3 Å². The van der Waals surface area contributed by atoms with Gasteiger partial charge in [-0.25, -0.2) is 14.3 Å². The number of aromatic amines is 1. The van der Waals surface area contributed by atoms with Crippen LogP contribution in [0.5, 0.6) is 0 Å². The van der Waals surface area contributed by atoms with Crippen molar-refractivity contribution in [3.05, 3.63) is 39.2 Å². The molecule has 0 fully saturated rings. The van der Waals surface area contributed by atoms with Crippen LogP contribution in [0.25, 0.3) is 10.5 Å². The van der Waals surface area contributed by atoms with Gasteiger partial charge in [0.25, 0.3) is 5.56 Å². The molecule has 17 heavy (non-hydrogen) atoms. The fourth-order valence-electron chi connectivity index (χ4n) is 1.78. The highest BCUT2D eigenvalue weighted by atomic mass is 16.5. The van der Waals surface area contributed by atoms with Gasteiger partial charge in [-0.1, -0.05) is 6.92 Å². The quantitative estimate of drug-likeness (QED) is 0.811. The largest absolute Gasteiger partial charge is 0.378 e. The lowest BCUT2D eigenvalue weighted by Crippen LogP contribution is -2.22. The van der Waals surface area contributed by atoms with Gasteiger partial charge >= 0.3 is 0 Å². The summed E-state index contributed by atoms with van der Waals surface area (Å²) in [6.45, 7) is 9.17. The lowest BCUT2D eigenvalue weighted by Gasteiger charge is -2.06. The molecule has 0 unspecified atom stereocenters. The van der Waals surface area contributed by atoms with Crippen molar-refractivity contribution >= 4 is 11.3 Å². The molecule has 2 rings (SSSR count). The SMILES string of the molecule is [C-]#[N+]c1c[nH]n2c(=O)c(CC)c(COC)nc12. The zero-order valence-electron chi connectivity index (χ0n) is 9.65. The number of H-pyrrole nitrogens is 1. The number of methoxy groups -OCH3 is 1. The maximum Gasteiger partial charge on any atom is 0.274 e. The van der Waals surface area contributed by atoms with Gasteiger partial charge in [-0.15, -0.1) is 0 Å². The Morgan fingerprint density at radius 2 is 2.41 bits per heavy atom. The third kappa shape index (κ3) is 1.70. The topological polar surface area (TPSA) is 63.8 Å². The Balaban J connectivity index is 2.81. The first-order chi connectivity index (χ1) is 8.22. The van der Waals surface area contributed by atoms with Gasteiger partial charge in [-0.3, -0.25) is 4.79 Å². The second kappa shape index (κ2) is 4.39. The van der Waals surface area contributed by atoms with Gasteiger partial charge in [-0.05, 0) is 6.42 Å². The first kappa shape index (κ1) is 11.4. The molecule has 0 aromatic carbocycles. The van der Waals surface area contributed by atoms with E-state index in [9.17, 15) is 4.79 Å². The summed E-state index contributed by atoms with van der Waals surface area (Å²) in [5.41, 5.74) is 1.74. The molecular formula is C11H12N4O2. The van der Waals surface area contributed by atoms with Crippen LogP contribution in [0.4, 0.5) is 5.69 Å². The number of nitrogens with zero attached hydrogens (tertiary/aromatic N) is 3. The van der Waals surface area contributed by atoms with E-state index in [1.807, 2.05) is 6.92 Å². The van der Waals surface area contributed by atoms with E-state index in [2.05, 4.69) is 14.9 Å². The average molecular weight is 232 g/mol. The van der Waals surface area contributed by atoms with Crippen molar-refractivity contribution in [1.82, 2.24) is 14.6 Å². The third-order valence-corrected chi connectivity index (χ3v) is 2.58. The number of rotatable bonds is 3. The van der Waals surface area contributed by atoms with Gasteiger partial charge in [0.2, 0.25) is 5.69 Å². The Bertz CT molecular complexity index is 648. The number of hydrogen-bond donors (Lipinski definition) is 1. The fourth-order valence-corrected chi connectivity index (χ4v) is 1.78. The van der Waals surface area contributed by atoms with Crippen molar-refractivity contribution in [2.75, 3.05) is 7.11 Å². The van der Waals surface area contributed by atoms with Crippen molar-refractivity contribution in [2.45, 2.75) is 20.0 Å². The van der Waals surface area contributed by atoms with Gasteiger partial charge in [0.15, 0.2) is 5.65 Å². The highest BCUT2D eigenvalue weighted by Crippen LogP contribution is 2.17. The van der Waals surface area contributed by atoms with E-state index in [0.29, 0.717) is 29.0 Å². The first-order valence-electron chi connectivity index (χ1n) is 5.21. The van der Waals surface area contributed by atoms with Crippen molar-refractivity contribution in [3.63, 3.8) is 0 Å². The molecule has 2 aromatic heterocycles. The monoisotopic (exact) mass is 232 g/mol. The predicted octanol–water partition coefficient (Wildman–Crippen LogP) is 1.28. The van der Waals surface area contributed by atoms with E-state index in [0.717, 1.165) is 0 Å². The average Bonchev–Trinajstić information content (AvgIpc) is 2.73. The molecule has 0 amide bonds. The molecule has 0 aliphatic heterocycles. The summed E-state index contributed by atoms with van der Waals surface area (Å²) in [4.78, 5) is 19.8. The number of fused-ring (bicyclic) bond motifs is 1. The third-order valence-electron chi connectivity index (χ3n) is 2.58. The molecule has 6 heteroatoms. The molecule has 2 aromatic rings. The summed E-state index contributed by atoms with van der Waals surface area (Å²) in [5.74, 6) is 0. The summed E-state index contributed by atoms with van der Waals surface area (Å²) in [6.07, 6.45) is 2.06. The van der Waals surface area contributed by atoms with Gasteiger partial charge in [0.1, 0.15) is 0 Å². The van der Waals surface area contributed by atoms with Crippen molar-refractivity contribution < 1.29 is 4.74 Å². The number of nitrogens with one attached hydrogen (secondary N) is 1. The van der Waals surface area contributed by atoms with Crippen molar-refractivity contribution in [3.8, 4) is 0 Å². The molecule has 1 N–H and O–H groups in total. The molecule has 0 spiro atoms. The summed E-state index contributed by atoms with van der Waals surface area (Å²) >= 11 is 0. The normalized spacial score (nSPS) is 10.6. The first-order valence-corrected chi connectivity index (χ1v) is 5.21. The second-order valence-corrected chi connectivity index (χ2v) is 3.56. The molecular weight excluding hydrogens is 220 g/mol. The fraction of sp³-hybridized carbons (Fsp3) is 0.364. The molecule has 88 valence electrons. The Labute approximate surface area is 97.7 Å². The van der Waals surface area contributed by atoms with Crippen LogP contribution in [0, 0.1) is 6.57 Å². The van der Waals surface area contributed by atoms with Crippen molar-refractivity contribution in [1.29, 1.82) is 0 Å². The van der Waals surface area contributed by atoms with E-state index < -0.39 is 0 Å². The maximum atomic E-state index is 12.1. The lowest BCUT2D eigenvalue weighted by atomic mass is 10.2. The van der Waals surface area contributed by atoms with E-state index >= 15 is 0 Å². The standard InChI is InChI=1S/C11H12N4O2/c1-4-7-9(6-17-3)14-10-8(12-2)5-13-15(10)11(7)16/h5,13H,4,6H2,1,3H3. The minimum absolute atomic E-state index is 0.167. The lowest BCUT2D eigenvalue weighted by molar-refractivity contribution is 0.180. The van der Waals surface area contributed by atoms with E-state index in [1.165, 1.54) is 10.7 Å². The highest BCUT2D eigenvalue weighted by Gasteiger charge is 2.14. The van der Waals surface area contributed by atoms with Crippen LogP contribution >= 0.6 is 0 Å². The van der Waals surface area contributed by atoms with Crippen LogP contribution < -0.4 is 5.56 Å². The summed E-state index contributed by atoms with van der Waals surface area (Å²) in [6, 6.07) is 0. The molecule has 0 aliphatic rings. The number of hydrogen-bond acceptors (Lipinski definition) is 3. The molecule has 2 heterocycles. The number of ether oxygens (including phenoxy) is 1. The maximum absolute atomic E-state index is 12.1. The Morgan fingerprint density at radius 3 is 3.00 bits per heavy atom. The Kier molecular flexibility index (Phi) is 2.93. The summed E-state index contributed by atoms with van der Waals surface area (Å²) < 4.78 is 6.32. The zero-order chi connectivity index (χ0) is 12.4. The predicted molar refractivity (Wildman–Crippen MR) is 62.2 cm³/mol. The van der Waals surface area contributed by atoms with Gasteiger partial charge in [0.05, 0.1) is 18.9 Å². The molecule has 0 aliphatic carbocycles. The van der Waals surface area contributed by atoms with E-state index in [-0.39, 0.29) is 12.2 Å². The van der Waals surface area contributed by atoms with Crippen LogP contribution in [0.2, 0.25) is 0 Å². The van der Waals surface area contributed by atoms with Gasteiger partial charge in [-0.2, -0.15) is 0 Å². The molecule has 0 saturated heterocycles. The Hall–Kier alpha value is -2.13. The smallest absolute Gasteiger partial charge is 0.274 e. The van der Waals surface area contributed by atoms with Crippen molar-refractivity contribution in [2.24, 2.45) is 0 Å².